The number of carbonyl (C=O) groups excluding carboxylic acids is 1. The van der Waals surface area contributed by atoms with Gasteiger partial charge in [-0.1, -0.05) is 12.1 Å². The molecule has 1 aromatic heterocycles. The van der Waals surface area contributed by atoms with Crippen molar-refractivity contribution in [3.8, 4) is 0 Å². The molecule has 0 radical (unpaired) electrons. The van der Waals surface area contributed by atoms with E-state index in [4.69, 9.17) is 5.73 Å². The molecule has 2 N–H and O–H groups in total. The van der Waals surface area contributed by atoms with E-state index >= 15 is 0 Å². The Hall–Kier alpha value is -2.20. The number of aromatic nitrogens is 1. The zero-order valence-corrected chi connectivity index (χ0v) is 11.8. The summed E-state index contributed by atoms with van der Waals surface area (Å²) in [6, 6.07) is 11.3. The molecule has 0 spiro atoms. The summed E-state index contributed by atoms with van der Waals surface area (Å²) in [5.41, 5.74) is 8.31. The Labute approximate surface area is 119 Å². The first-order chi connectivity index (χ1) is 9.63. The minimum atomic E-state index is -0.00196. The van der Waals surface area contributed by atoms with Crippen LogP contribution in [0.25, 0.3) is 0 Å². The van der Waals surface area contributed by atoms with Crippen LogP contribution in [0, 0.1) is 0 Å². The van der Waals surface area contributed by atoms with Crippen LogP contribution in [0.2, 0.25) is 0 Å². The van der Waals surface area contributed by atoms with Gasteiger partial charge in [0.1, 0.15) is 0 Å². The maximum absolute atomic E-state index is 12.4. The number of amides is 1. The first kappa shape index (κ1) is 14.2. The van der Waals surface area contributed by atoms with Crippen molar-refractivity contribution in [2.24, 2.45) is 5.73 Å². The number of nitrogens with zero attached hydrogens (tertiary/aromatic N) is 2. The zero-order valence-electron chi connectivity index (χ0n) is 11.8. The lowest BCUT2D eigenvalue weighted by Gasteiger charge is -2.25. The highest BCUT2D eigenvalue weighted by Crippen LogP contribution is 2.20. The molecule has 2 rings (SSSR count). The number of benzene rings is 1. The Kier molecular flexibility index (Phi) is 4.48. The van der Waals surface area contributed by atoms with Gasteiger partial charge < -0.3 is 10.6 Å². The van der Waals surface area contributed by atoms with Crippen LogP contribution in [0.5, 0.6) is 0 Å². The molecule has 2 aromatic rings. The van der Waals surface area contributed by atoms with E-state index in [0.717, 1.165) is 11.1 Å². The number of pyridine rings is 1. The highest BCUT2D eigenvalue weighted by molar-refractivity contribution is 5.94. The number of hydrogen-bond donors (Lipinski definition) is 1. The van der Waals surface area contributed by atoms with Gasteiger partial charge in [-0.05, 0) is 42.3 Å². The maximum Gasteiger partial charge on any atom is 0.254 e. The molecular formula is C16H19N3O. The lowest BCUT2D eigenvalue weighted by atomic mass is 10.1. The molecule has 104 valence electrons. The van der Waals surface area contributed by atoms with Crippen molar-refractivity contribution in [3.05, 3.63) is 65.5 Å². The molecule has 0 bridgehead atoms. The van der Waals surface area contributed by atoms with E-state index in [1.807, 2.05) is 50.4 Å². The van der Waals surface area contributed by atoms with Gasteiger partial charge in [-0.3, -0.25) is 9.78 Å². The largest absolute Gasteiger partial charge is 0.335 e. The van der Waals surface area contributed by atoms with Crippen LogP contribution in [0.1, 0.15) is 34.5 Å². The maximum atomic E-state index is 12.4. The van der Waals surface area contributed by atoms with Crippen LogP contribution in [-0.4, -0.2) is 22.8 Å². The van der Waals surface area contributed by atoms with Gasteiger partial charge in [0, 0.05) is 31.5 Å². The molecule has 1 unspecified atom stereocenters. The van der Waals surface area contributed by atoms with Crippen molar-refractivity contribution >= 4 is 5.91 Å². The fraction of sp³-hybridized carbons (Fsp3) is 0.250. The molecule has 1 amide bonds. The van der Waals surface area contributed by atoms with Crippen LogP contribution >= 0.6 is 0 Å². The average Bonchev–Trinajstić information content (AvgIpc) is 2.53. The number of nitrogens with two attached hydrogens (primary N) is 1. The van der Waals surface area contributed by atoms with E-state index < -0.39 is 0 Å². The molecule has 0 saturated heterocycles. The van der Waals surface area contributed by atoms with Gasteiger partial charge in [-0.25, -0.2) is 0 Å². The van der Waals surface area contributed by atoms with Crippen molar-refractivity contribution in [3.63, 3.8) is 0 Å². The zero-order chi connectivity index (χ0) is 14.5. The molecule has 4 heteroatoms. The lowest BCUT2D eigenvalue weighted by molar-refractivity contribution is 0.0742. The summed E-state index contributed by atoms with van der Waals surface area (Å²) in [5.74, 6) is -0.00196. The number of carbonyl (C=O) groups is 1. The summed E-state index contributed by atoms with van der Waals surface area (Å²) in [5, 5.41) is 0. The summed E-state index contributed by atoms with van der Waals surface area (Å²) in [7, 11) is 1.81. The molecule has 1 aromatic carbocycles. The number of hydrogen-bond acceptors (Lipinski definition) is 3. The predicted octanol–water partition coefficient (Wildman–Crippen LogP) is 2.37. The van der Waals surface area contributed by atoms with Crippen LogP contribution in [0.3, 0.4) is 0 Å². The molecule has 4 nitrogen and oxygen atoms in total. The minimum Gasteiger partial charge on any atom is -0.335 e. The van der Waals surface area contributed by atoms with Gasteiger partial charge in [-0.15, -0.1) is 0 Å². The van der Waals surface area contributed by atoms with Gasteiger partial charge in [0.25, 0.3) is 5.91 Å². The Balaban J connectivity index is 2.15. The van der Waals surface area contributed by atoms with Gasteiger partial charge in [0.15, 0.2) is 0 Å². The van der Waals surface area contributed by atoms with Crippen molar-refractivity contribution in [2.75, 3.05) is 7.05 Å². The first-order valence-electron chi connectivity index (χ1n) is 6.59. The lowest BCUT2D eigenvalue weighted by Crippen LogP contribution is -2.29. The molecule has 1 atom stereocenters. The third-order valence-corrected chi connectivity index (χ3v) is 3.53. The summed E-state index contributed by atoms with van der Waals surface area (Å²) in [6.45, 7) is 2.49. The highest BCUT2D eigenvalue weighted by atomic mass is 16.2. The molecule has 0 aliphatic heterocycles. The quantitative estimate of drug-likeness (QED) is 0.927. The van der Waals surface area contributed by atoms with Gasteiger partial charge in [-0.2, -0.15) is 0 Å². The molecule has 0 aliphatic rings. The second-order valence-corrected chi connectivity index (χ2v) is 4.77. The average molecular weight is 269 g/mol. The van der Waals surface area contributed by atoms with E-state index in [-0.39, 0.29) is 11.9 Å². The smallest absolute Gasteiger partial charge is 0.254 e. The van der Waals surface area contributed by atoms with Gasteiger partial charge in [0.05, 0.1) is 6.04 Å². The summed E-state index contributed by atoms with van der Waals surface area (Å²) in [4.78, 5) is 18.2. The van der Waals surface area contributed by atoms with Crippen molar-refractivity contribution < 1.29 is 4.79 Å². The molecule has 0 fully saturated rings. The molecule has 20 heavy (non-hydrogen) atoms. The minimum absolute atomic E-state index is 0.000292. The molecule has 0 aliphatic carbocycles. The fourth-order valence-electron chi connectivity index (χ4n) is 2.03. The summed E-state index contributed by atoms with van der Waals surface area (Å²) >= 11 is 0. The Morgan fingerprint density at radius 2 is 1.80 bits per heavy atom. The van der Waals surface area contributed by atoms with Gasteiger partial charge in [0.2, 0.25) is 0 Å². The molecule has 1 heterocycles. The van der Waals surface area contributed by atoms with Crippen LogP contribution in [-0.2, 0) is 6.54 Å². The monoisotopic (exact) mass is 269 g/mol. The van der Waals surface area contributed by atoms with E-state index in [9.17, 15) is 4.79 Å². The highest BCUT2D eigenvalue weighted by Gasteiger charge is 2.18. The first-order valence-corrected chi connectivity index (χ1v) is 6.59. The van der Waals surface area contributed by atoms with Crippen LogP contribution in [0.15, 0.2) is 48.8 Å². The Morgan fingerprint density at radius 1 is 1.20 bits per heavy atom. The predicted molar refractivity (Wildman–Crippen MR) is 79.1 cm³/mol. The molecular weight excluding hydrogens is 250 g/mol. The van der Waals surface area contributed by atoms with Crippen molar-refractivity contribution in [2.45, 2.75) is 19.5 Å². The normalized spacial score (nSPS) is 11.9. The van der Waals surface area contributed by atoms with E-state index in [1.165, 1.54) is 0 Å². The van der Waals surface area contributed by atoms with E-state index in [0.29, 0.717) is 12.1 Å². The fourth-order valence-corrected chi connectivity index (χ4v) is 2.03. The second kappa shape index (κ2) is 6.30. The SMILES string of the molecule is CC(c1ccncc1)N(C)C(=O)c1ccc(CN)cc1. The van der Waals surface area contributed by atoms with E-state index in [1.54, 1.807) is 17.3 Å². The second-order valence-electron chi connectivity index (χ2n) is 4.77. The van der Waals surface area contributed by atoms with Crippen LogP contribution < -0.4 is 5.73 Å². The number of rotatable bonds is 4. The van der Waals surface area contributed by atoms with Crippen molar-refractivity contribution in [1.82, 2.24) is 9.88 Å². The third kappa shape index (κ3) is 3.03. The Bertz CT molecular complexity index is 566. The summed E-state index contributed by atoms with van der Waals surface area (Å²) < 4.78 is 0. The van der Waals surface area contributed by atoms with E-state index in [2.05, 4.69) is 4.98 Å². The standard InChI is InChI=1S/C16H19N3O/c1-12(14-7-9-18-10-8-14)19(2)16(20)15-5-3-13(11-17)4-6-15/h3-10,12H,11,17H2,1-2H3. The molecule has 0 saturated carbocycles. The summed E-state index contributed by atoms with van der Waals surface area (Å²) in [6.07, 6.45) is 3.47. The van der Waals surface area contributed by atoms with Crippen molar-refractivity contribution in [1.29, 1.82) is 0 Å². The van der Waals surface area contributed by atoms with Crippen LogP contribution in [0.4, 0.5) is 0 Å². The topological polar surface area (TPSA) is 59.2 Å². The van der Waals surface area contributed by atoms with Gasteiger partial charge >= 0.3 is 0 Å². The third-order valence-electron chi connectivity index (χ3n) is 3.53. The Morgan fingerprint density at radius 3 is 2.35 bits per heavy atom.